The van der Waals surface area contributed by atoms with Crippen molar-refractivity contribution in [1.29, 1.82) is 0 Å². The Morgan fingerprint density at radius 3 is 2.76 bits per heavy atom. The molecule has 0 spiro atoms. The maximum Gasteiger partial charge on any atom is 0.170 e. The van der Waals surface area contributed by atoms with Gasteiger partial charge in [-0.05, 0) is 25.5 Å². The lowest BCUT2D eigenvalue weighted by atomic mass is 10.1. The lowest BCUT2D eigenvalue weighted by molar-refractivity contribution is 0.318. The van der Waals surface area contributed by atoms with Crippen LogP contribution in [0.2, 0.25) is 0 Å². The van der Waals surface area contributed by atoms with Crippen molar-refractivity contribution >= 4 is 17.3 Å². The lowest BCUT2D eigenvalue weighted by Gasteiger charge is -2.20. The lowest BCUT2D eigenvalue weighted by Crippen LogP contribution is -2.16. The van der Waals surface area contributed by atoms with Crippen molar-refractivity contribution in [3.8, 4) is 0 Å². The molecule has 21 heavy (non-hydrogen) atoms. The number of hydrogen-bond acceptors (Lipinski definition) is 5. The standard InChI is InChI=1S/C15H19N5O/c1-4-12-9-14(18-10(2)17-12)20(3)13-7-5-6-11(8-13)15(16)19-21/h5-9,21H,4H2,1-3H3,(H2,16,19). The third-order valence-electron chi connectivity index (χ3n) is 3.22. The molecule has 0 amide bonds. The van der Waals surface area contributed by atoms with Crippen LogP contribution in [-0.4, -0.2) is 28.1 Å². The number of amidine groups is 1. The third-order valence-corrected chi connectivity index (χ3v) is 3.22. The summed E-state index contributed by atoms with van der Waals surface area (Å²) >= 11 is 0. The number of aromatic nitrogens is 2. The molecule has 0 atom stereocenters. The number of nitrogens with zero attached hydrogens (tertiary/aromatic N) is 4. The summed E-state index contributed by atoms with van der Waals surface area (Å²) in [7, 11) is 1.92. The predicted molar refractivity (Wildman–Crippen MR) is 83.2 cm³/mol. The maximum absolute atomic E-state index is 8.77. The average molecular weight is 285 g/mol. The zero-order valence-electron chi connectivity index (χ0n) is 12.4. The van der Waals surface area contributed by atoms with Gasteiger partial charge in [-0.25, -0.2) is 9.97 Å². The van der Waals surface area contributed by atoms with Crippen LogP contribution in [0, 0.1) is 6.92 Å². The Morgan fingerprint density at radius 1 is 1.33 bits per heavy atom. The van der Waals surface area contributed by atoms with E-state index < -0.39 is 0 Å². The van der Waals surface area contributed by atoms with Crippen molar-refractivity contribution in [2.45, 2.75) is 20.3 Å². The first-order chi connectivity index (χ1) is 10.0. The van der Waals surface area contributed by atoms with E-state index in [9.17, 15) is 0 Å². The summed E-state index contributed by atoms with van der Waals surface area (Å²) in [6.07, 6.45) is 0.856. The van der Waals surface area contributed by atoms with Crippen molar-refractivity contribution in [2.24, 2.45) is 10.9 Å². The van der Waals surface area contributed by atoms with Crippen LogP contribution in [0.3, 0.4) is 0 Å². The van der Waals surface area contributed by atoms with E-state index in [0.717, 1.165) is 29.4 Å². The van der Waals surface area contributed by atoms with E-state index in [0.29, 0.717) is 5.56 Å². The van der Waals surface area contributed by atoms with Gasteiger partial charge < -0.3 is 15.8 Å². The summed E-state index contributed by atoms with van der Waals surface area (Å²) < 4.78 is 0. The fraction of sp³-hybridized carbons (Fsp3) is 0.267. The van der Waals surface area contributed by atoms with E-state index in [2.05, 4.69) is 22.0 Å². The molecule has 1 aromatic carbocycles. The molecule has 0 radical (unpaired) electrons. The first-order valence-corrected chi connectivity index (χ1v) is 6.71. The summed E-state index contributed by atoms with van der Waals surface area (Å²) in [6, 6.07) is 9.39. The molecule has 2 aromatic rings. The van der Waals surface area contributed by atoms with E-state index in [1.165, 1.54) is 0 Å². The number of nitrogens with two attached hydrogens (primary N) is 1. The molecule has 0 saturated carbocycles. The van der Waals surface area contributed by atoms with Crippen LogP contribution in [-0.2, 0) is 6.42 Å². The molecule has 0 bridgehead atoms. The Bertz CT molecular complexity index is 669. The van der Waals surface area contributed by atoms with Crippen LogP contribution in [0.5, 0.6) is 0 Å². The Morgan fingerprint density at radius 2 is 2.10 bits per heavy atom. The average Bonchev–Trinajstić information content (AvgIpc) is 2.52. The van der Waals surface area contributed by atoms with Gasteiger partial charge in [0.05, 0.1) is 0 Å². The number of hydrogen-bond donors (Lipinski definition) is 2. The highest BCUT2D eigenvalue weighted by molar-refractivity contribution is 5.97. The number of aryl methyl sites for hydroxylation is 2. The first kappa shape index (κ1) is 14.8. The normalized spacial score (nSPS) is 11.5. The van der Waals surface area contributed by atoms with Crippen molar-refractivity contribution in [2.75, 3.05) is 11.9 Å². The molecule has 6 heteroatoms. The van der Waals surface area contributed by atoms with Crippen molar-refractivity contribution in [3.63, 3.8) is 0 Å². The van der Waals surface area contributed by atoms with Gasteiger partial charge in [-0.1, -0.05) is 24.2 Å². The molecule has 0 aliphatic heterocycles. The SMILES string of the molecule is CCc1cc(N(C)c2cccc(C(N)=NO)c2)nc(C)n1. The van der Waals surface area contributed by atoms with Gasteiger partial charge in [-0.15, -0.1) is 0 Å². The minimum atomic E-state index is 0.0818. The molecule has 0 saturated heterocycles. The Balaban J connectivity index is 2.40. The van der Waals surface area contributed by atoms with Gasteiger partial charge in [-0.3, -0.25) is 0 Å². The Hall–Kier alpha value is -2.63. The molecular weight excluding hydrogens is 266 g/mol. The number of rotatable bonds is 4. The largest absolute Gasteiger partial charge is 0.409 e. The smallest absolute Gasteiger partial charge is 0.170 e. The van der Waals surface area contributed by atoms with Crippen LogP contribution in [0.15, 0.2) is 35.5 Å². The number of oxime groups is 1. The Kier molecular flexibility index (Phi) is 4.37. The van der Waals surface area contributed by atoms with Crippen LogP contribution < -0.4 is 10.6 Å². The summed E-state index contributed by atoms with van der Waals surface area (Å²) in [5.74, 6) is 1.64. The van der Waals surface area contributed by atoms with Crippen LogP contribution in [0.1, 0.15) is 24.0 Å². The van der Waals surface area contributed by atoms with Crippen molar-refractivity contribution < 1.29 is 5.21 Å². The van der Waals surface area contributed by atoms with E-state index in [1.54, 1.807) is 6.07 Å². The second-order valence-electron chi connectivity index (χ2n) is 4.71. The van der Waals surface area contributed by atoms with Gasteiger partial charge in [0, 0.05) is 30.1 Å². The molecule has 110 valence electrons. The zero-order valence-corrected chi connectivity index (χ0v) is 12.4. The van der Waals surface area contributed by atoms with Crippen molar-refractivity contribution in [1.82, 2.24) is 9.97 Å². The molecule has 0 aliphatic rings. The van der Waals surface area contributed by atoms with Crippen molar-refractivity contribution in [3.05, 3.63) is 47.4 Å². The monoisotopic (exact) mass is 285 g/mol. The summed E-state index contributed by atoms with van der Waals surface area (Å²) in [4.78, 5) is 10.8. The Labute approximate surface area is 123 Å². The second-order valence-corrected chi connectivity index (χ2v) is 4.71. The first-order valence-electron chi connectivity index (χ1n) is 6.71. The van der Waals surface area contributed by atoms with Gasteiger partial charge in [0.25, 0.3) is 0 Å². The quantitative estimate of drug-likeness (QED) is 0.389. The van der Waals surface area contributed by atoms with E-state index >= 15 is 0 Å². The topological polar surface area (TPSA) is 87.6 Å². The summed E-state index contributed by atoms with van der Waals surface area (Å²) in [5.41, 5.74) is 8.18. The maximum atomic E-state index is 8.77. The molecule has 6 nitrogen and oxygen atoms in total. The minimum Gasteiger partial charge on any atom is -0.409 e. The van der Waals surface area contributed by atoms with E-state index in [1.807, 2.05) is 43.1 Å². The highest BCUT2D eigenvalue weighted by atomic mass is 16.4. The highest BCUT2D eigenvalue weighted by Gasteiger charge is 2.09. The molecular formula is C15H19N5O. The van der Waals surface area contributed by atoms with Gasteiger partial charge in [0.2, 0.25) is 0 Å². The molecule has 2 rings (SSSR count). The van der Waals surface area contributed by atoms with E-state index in [4.69, 9.17) is 10.9 Å². The summed E-state index contributed by atoms with van der Waals surface area (Å²) in [5, 5.41) is 11.8. The van der Waals surface area contributed by atoms with Crippen LogP contribution in [0.4, 0.5) is 11.5 Å². The van der Waals surface area contributed by atoms with E-state index in [-0.39, 0.29) is 5.84 Å². The zero-order chi connectivity index (χ0) is 15.4. The minimum absolute atomic E-state index is 0.0818. The molecule has 0 fully saturated rings. The number of benzene rings is 1. The second kappa shape index (κ2) is 6.21. The van der Waals surface area contributed by atoms with Gasteiger partial charge in [-0.2, -0.15) is 0 Å². The number of anilines is 2. The van der Waals surface area contributed by atoms with Gasteiger partial charge >= 0.3 is 0 Å². The molecule has 1 aromatic heterocycles. The third kappa shape index (κ3) is 3.28. The summed E-state index contributed by atoms with van der Waals surface area (Å²) in [6.45, 7) is 3.94. The van der Waals surface area contributed by atoms with Crippen LogP contribution in [0.25, 0.3) is 0 Å². The fourth-order valence-corrected chi connectivity index (χ4v) is 2.03. The molecule has 3 N–H and O–H groups in total. The predicted octanol–water partition coefficient (Wildman–Crippen LogP) is 2.21. The van der Waals surface area contributed by atoms with Gasteiger partial charge in [0.15, 0.2) is 5.84 Å². The molecule has 0 aliphatic carbocycles. The molecule has 0 unspecified atom stereocenters. The van der Waals surface area contributed by atoms with Crippen LogP contribution >= 0.6 is 0 Å². The van der Waals surface area contributed by atoms with Gasteiger partial charge in [0.1, 0.15) is 11.6 Å². The molecule has 1 heterocycles. The highest BCUT2D eigenvalue weighted by Crippen LogP contribution is 2.23. The fourth-order valence-electron chi connectivity index (χ4n) is 2.03.